The molecule has 2 fully saturated rings. The van der Waals surface area contributed by atoms with E-state index in [-0.39, 0.29) is 23.3 Å². The molecule has 2 aliphatic heterocycles. The van der Waals surface area contributed by atoms with E-state index in [9.17, 15) is 4.79 Å². The summed E-state index contributed by atoms with van der Waals surface area (Å²) in [7, 11) is -1.96. The molecule has 0 spiro atoms. The third-order valence-electron chi connectivity index (χ3n) is 8.21. The van der Waals surface area contributed by atoms with Crippen molar-refractivity contribution in [1.82, 2.24) is 4.90 Å². The first-order valence-corrected chi connectivity index (χ1v) is 17.0. The van der Waals surface area contributed by atoms with Crippen molar-refractivity contribution in [2.45, 2.75) is 110 Å². The molecule has 37 heavy (non-hydrogen) atoms. The second-order valence-electron chi connectivity index (χ2n) is 13.4. The molecule has 2 saturated heterocycles. The Morgan fingerprint density at radius 1 is 1.11 bits per heavy atom. The normalized spacial score (nSPS) is 25.0. The van der Waals surface area contributed by atoms with Gasteiger partial charge >= 0.3 is 6.09 Å². The van der Waals surface area contributed by atoms with Crippen molar-refractivity contribution >= 4 is 14.4 Å². The number of carbonyl (C=O) groups is 1. The summed E-state index contributed by atoms with van der Waals surface area (Å²) >= 11 is 0. The standard InChI is InChI=1S/C30H51NO5Si/c1-29(2,3)36-28(32)31-20-25-19-23(15-12-17-33-21-24-13-10-9-11-14-24)16-18-34-27(25)26(31)22-35-37(7,8)30(4,5)6/h9-11,13-14,23,25-27H,12,15-22H2,1-8H3/t23-,25+,26-,27-/m1/s1. The average Bonchev–Trinajstić information content (AvgIpc) is 3.00. The number of hydrogen-bond donors (Lipinski definition) is 0. The average molecular weight is 534 g/mol. The van der Waals surface area contributed by atoms with Crippen LogP contribution in [0.5, 0.6) is 0 Å². The monoisotopic (exact) mass is 533 g/mol. The van der Waals surface area contributed by atoms with E-state index in [1.54, 1.807) is 0 Å². The van der Waals surface area contributed by atoms with E-state index in [4.69, 9.17) is 18.6 Å². The zero-order chi connectivity index (χ0) is 27.3. The van der Waals surface area contributed by atoms with Crippen LogP contribution in [0.4, 0.5) is 4.79 Å². The molecular weight excluding hydrogens is 482 g/mol. The number of fused-ring (bicyclic) bond motifs is 1. The maximum Gasteiger partial charge on any atom is 0.410 e. The van der Waals surface area contributed by atoms with Gasteiger partial charge in [-0.05, 0) is 76.1 Å². The predicted molar refractivity (Wildman–Crippen MR) is 151 cm³/mol. The highest BCUT2D eigenvalue weighted by atomic mass is 28.4. The molecule has 2 aliphatic rings. The highest BCUT2D eigenvalue weighted by Gasteiger charge is 2.49. The Hall–Kier alpha value is -1.41. The summed E-state index contributed by atoms with van der Waals surface area (Å²) in [5, 5.41) is 0.111. The molecule has 0 N–H and O–H groups in total. The quantitative estimate of drug-likeness (QED) is 0.252. The summed E-state index contributed by atoms with van der Waals surface area (Å²) < 4.78 is 24.8. The number of likely N-dealkylation sites (tertiary alicyclic amines) is 1. The molecule has 2 heterocycles. The van der Waals surface area contributed by atoms with E-state index in [0.717, 1.165) is 38.9 Å². The molecule has 0 saturated carbocycles. The van der Waals surface area contributed by atoms with Crippen LogP contribution in [-0.4, -0.2) is 63.4 Å². The summed E-state index contributed by atoms with van der Waals surface area (Å²) in [6, 6.07) is 10.2. The Bertz CT molecular complexity index is 848. The minimum Gasteiger partial charge on any atom is -0.444 e. The first-order valence-electron chi connectivity index (χ1n) is 14.1. The van der Waals surface area contributed by atoms with Crippen molar-refractivity contribution in [3.05, 3.63) is 35.9 Å². The van der Waals surface area contributed by atoms with Crippen LogP contribution in [0.15, 0.2) is 30.3 Å². The summed E-state index contributed by atoms with van der Waals surface area (Å²) in [5.41, 5.74) is 0.683. The Morgan fingerprint density at radius 2 is 1.81 bits per heavy atom. The lowest BCUT2D eigenvalue weighted by atomic mass is 9.87. The number of hydrogen-bond acceptors (Lipinski definition) is 5. The summed E-state index contributed by atoms with van der Waals surface area (Å²) in [4.78, 5) is 15.2. The van der Waals surface area contributed by atoms with Gasteiger partial charge in [0.05, 0.1) is 25.4 Å². The number of amides is 1. The number of nitrogens with zero attached hydrogens (tertiary/aromatic N) is 1. The highest BCUT2D eigenvalue weighted by Crippen LogP contribution is 2.40. The fraction of sp³-hybridized carbons (Fsp3) is 0.767. The predicted octanol–water partition coefficient (Wildman–Crippen LogP) is 7.04. The first kappa shape index (κ1) is 30.1. The molecule has 0 unspecified atom stereocenters. The first-order chi connectivity index (χ1) is 17.3. The van der Waals surface area contributed by atoms with Gasteiger partial charge in [-0.1, -0.05) is 51.1 Å². The van der Waals surface area contributed by atoms with Gasteiger partial charge in [0.1, 0.15) is 5.60 Å². The van der Waals surface area contributed by atoms with E-state index < -0.39 is 13.9 Å². The molecule has 4 atom stereocenters. The summed E-state index contributed by atoms with van der Waals surface area (Å²) in [6.07, 6.45) is 4.05. The van der Waals surface area contributed by atoms with Crippen LogP contribution in [0.1, 0.15) is 72.8 Å². The smallest absolute Gasteiger partial charge is 0.410 e. The van der Waals surface area contributed by atoms with Crippen molar-refractivity contribution in [3.8, 4) is 0 Å². The van der Waals surface area contributed by atoms with Crippen LogP contribution in [0.25, 0.3) is 0 Å². The van der Waals surface area contributed by atoms with Crippen molar-refractivity contribution in [2.75, 3.05) is 26.4 Å². The molecule has 0 bridgehead atoms. The van der Waals surface area contributed by atoms with Gasteiger partial charge in [0.15, 0.2) is 8.32 Å². The van der Waals surface area contributed by atoms with Crippen LogP contribution < -0.4 is 0 Å². The van der Waals surface area contributed by atoms with Crippen LogP contribution in [0, 0.1) is 11.8 Å². The second kappa shape index (κ2) is 12.6. The molecule has 1 amide bonds. The second-order valence-corrected chi connectivity index (χ2v) is 18.2. The Labute approximate surface area is 226 Å². The number of carbonyl (C=O) groups excluding carboxylic acids is 1. The van der Waals surface area contributed by atoms with E-state index >= 15 is 0 Å². The van der Waals surface area contributed by atoms with E-state index in [1.165, 1.54) is 5.56 Å². The fourth-order valence-electron chi connectivity index (χ4n) is 5.08. The minimum atomic E-state index is -1.96. The molecule has 0 radical (unpaired) electrons. The number of benzene rings is 1. The molecule has 1 aromatic rings. The van der Waals surface area contributed by atoms with Crippen LogP contribution in [-0.2, 0) is 25.2 Å². The molecule has 0 aliphatic carbocycles. The fourth-order valence-corrected chi connectivity index (χ4v) is 6.10. The van der Waals surface area contributed by atoms with E-state index in [1.807, 2.05) is 43.9 Å². The van der Waals surface area contributed by atoms with E-state index in [0.29, 0.717) is 31.6 Å². The van der Waals surface area contributed by atoms with Crippen LogP contribution >= 0.6 is 0 Å². The van der Waals surface area contributed by atoms with Crippen molar-refractivity contribution < 1.29 is 23.4 Å². The summed E-state index contributed by atoms with van der Waals surface area (Å²) in [6.45, 7) is 20.4. The zero-order valence-corrected chi connectivity index (χ0v) is 25.5. The van der Waals surface area contributed by atoms with E-state index in [2.05, 4.69) is 46.0 Å². The summed E-state index contributed by atoms with van der Waals surface area (Å²) in [5.74, 6) is 0.883. The van der Waals surface area contributed by atoms with Crippen LogP contribution in [0.2, 0.25) is 18.1 Å². The molecule has 3 rings (SSSR count). The molecule has 0 aromatic heterocycles. The molecule has 6 nitrogen and oxygen atoms in total. The lowest BCUT2D eigenvalue weighted by Crippen LogP contribution is -2.49. The number of ether oxygens (including phenoxy) is 3. The minimum absolute atomic E-state index is 0.00313. The lowest BCUT2D eigenvalue weighted by molar-refractivity contribution is -0.0143. The third-order valence-corrected chi connectivity index (χ3v) is 12.7. The van der Waals surface area contributed by atoms with Crippen molar-refractivity contribution in [3.63, 3.8) is 0 Å². The van der Waals surface area contributed by atoms with Crippen molar-refractivity contribution in [2.24, 2.45) is 11.8 Å². The Balaban J connectivity index is 1.60. The lowest BCUT2D eigenvalue weighted by Gasteiger charge is -2.39. The van der Waals surface area contributed by atoms with Gasteiger partial charge in [0, 0.05) is 25.7 Å². The van der Waals surface area contributed by atoms with Gasteiger partial charge in [0.2, 0.25) is 0 Å². The number of rotatable bonds is 9. The van der Waals surface area contributed by atoms with Crippen LogP contribution in [0.3, 0.4) is 0 Å². The molecular formula is C30H51NO5Si. The topological polar surface area (TPSA) is 57.2 Å². The Morgan fingerprint density at radius 3 is 2.46 bits per heavy atom. The van der Waals surface area contributed by atoms with Gasteiger partial charge < -0.3 is 18.6 Å². The zero-order valence-electron chi connectivity index (χ0n) is 24.5. The molecule has 7 heteroatoms. The molecule has 210 valence electrons. The van der Waals surface area contributed by atoms with Crippen molar-refractivity contribution in [1.29, 1.82) is 0 Å². The van der Waals surface area contributed by atoms with Gasteiger partial charge in [-0.25, -0.2) is 4.79 Å². The largest absolute Gasteiger partial charge is 0.444 e. The van der Waals surface area contributed by atoms with Gasteiger partial charge in [0.25, 0.3) is 0 Å². The Kier molecular flexibility index (Phi) is 10.3. The molecule has 1 aromatic carbocycles. The van der Waals surface area contributed by atoms with Gasteiger partial charge in [-0.2, -0.15) is 0 Å². The van der Waals surface area contributed by atoms with Gasteiger partial charge in [-0.15, -0.1) is 0 Å². The third kappa shape index (κ3) is 8.80. The highest BCUT2D eigenvalue weighted by molar-refractivity contribution is 6.74. The maximum absolute atomic E-state index is 13.3. The maximum atomic E-state index is 13.3. The van der Waals surface area contributed by atoms with Gasteiger partial charge in [-0.3, -0.25) is 4.90 Å². The SMILES string of the molecule is CC(C)(C)OC(=O)N1C[C@@H]2C[C@H](CCCOCc3ccccc3)CCO[C@H]2[C@H]1CO[Si](C)(C)C(C)(C)C.